The zero-order chi connectivity index (χ0) is 15.7. The van der Waals surface area contributed by atoms with Gasteiger partial charge in [-0.2, -0.15) is 0 Å². The van der Waals surface area contributed by atoms with Crippen molar-refractivity contribution in [1.29, 1.82) is 0 Å². The second kappa shape index (κ2) is 5.85. The number of fused-ring (bicyclic) bond motifs is 1. The first-order chi connectivity index (χ1) is 10.5. The first-order valence-electron chi connectivity index (χ1n) is 7.37. The van der Waals surface area contributed by atoms with Crippen molar-refractivity contribution < 1.29 is 14.7 Å². The first-order valence-corrected chi connectivity index (χ1v) is 7.74. The quantitative estimate of drug-likeness (QED) is 0.883. The molecule has 2 atom stereocenters. The van der Waals surface area contributed by atoms with Crippen LogP contribution < -0.4 is 5.32 Å². The summed E-state index contributed by atoms with van der Waals surface area (Å²) in [6.45, 7) is 1.32. The molecule has 1 saturated heterocycles. The maximum Gasteiger partial charge on any atom is 0.311 e. The Balaban J connectivity index is 1.59. The Morgan fingerprint density at radius 2 is 2.32 bits per heavy atom. The first kappa shape index (κ1) is 15.2. The fourth-order valence-corrected chi connectivity index (χ4v) is 3.81. The highest BCUT2D eigenvalue weighted by molar-refractivity contribution is 6.30. The van der Waals surface area contributed by atoms with E-state index in [9.17, 15) is 14.7 Å². The number of amides is 1. The Hall–Kier alpha value is -1.66. The Morgan fingerprint density at radius 1 is 1.50 bits per heavy atom. The number of hydrogen-bond donors (Lipinski definition) is 2. The van der Waals surface area contributed by atoms with E-state index in [1.807, 2.05) is 4.90 Å². The molecule has 1 saturated carbocycles. The number of aromatic nitrogens is 1. The van der Waals surface area contributed by atoms with Crippen molar-refractivity contribution in [2.45, 2.75) is 19.3 Å². The second-order valence-electron chi connectivity index (χ2n) is 6.13. The zero-order valence-corrected chi connectivity index (χ0v) is 12.8. The van der Waals surface area contributed by atoms with Crippen LogP contribution in [0.1, 0.15) is 19.3 Å². The second-order valence-corrected chi connectivity index (χ2v) is 6.57. The lowest BCUT2D eigenvalue weighted by atomic mass is 9.81. The van der Waals surface area contributed by atoms with Gasteiger partial charge in [0.1, 0.15) is 5.82 Å². The summed E-state index contributed by atoms with van der Waals surface area (Å²) < 4.78 is 0. The molecule has 1 aromatic heterocycles. The van der Waals surface area contributed by atoms with E-state index in [2.05, 4.69) is 10.3 Å². The number of rotatable bonds is 4. The van der Waals surface area contributed by atoms with E-state index in [0.717, 1.165) is 12.8 Å². The van der Waals surface area contributed by atoms with E-state index in [1.54, 1.807) is 12.1 Å². The van der Waals surface area contributed by atoms with Crippen LogP contribution in [0.3, 0.4) is 0 Å². The van der Waals surface area contributed by atoms with Crippen molar-refractivity contribution in [3.63, 3.8) is 0 Å². The molecule has 2 N–H and O–H groups in total. The van der Waals surface area contributed by atoms with Gasteiger partial charge in [-0.3, -0.25) is 14.5 Å². The minimum absolute atomic E-state index is 0.159. The number of pyridine rings is 1. The molecule has 0 radical (unpaired) electrons. The summed E-state index contributed by atoms with van der Waals surface area (Å²) in [5.74, 6) is -0.305. The molecule has 22 heavy (non-hydrogen) atoms. The maximum atomic E-state index is 12.1. The Bertz CT molecular complexity index is 592. The summed E-state index contributed by atoms with van der Waals surface area (Å²) in [4.78, 5) is 29.6. The summed E-state index contributed by atoms with van der Waals surface area (Å²) >= 11 is 5.75. The minimum Gasteiger partial charge on any atom is -0.481 e. The fourth-order valence-electron chi connectivity index (χ4n) is 3.70. The number of nitrogens with one attached hydrogen (secondary N) is 1. The standard InChI is InChI=1S/C15H18ClN3O3/c16-11-3-4-12(17-6-11)18-13(20)8-19-7-10-2-1-5-15(10,9-19)14(21)22/h3-4,6,10H,1-2,5,7-9H2,(H,21,22)(H,17,18,20)/t10-,15+/m0/s1. The number of aliphatic carboxylic acids is 1. The van der Waals surface area contributed by atoms with Crippen LogP contribution in [0.5, 0.6) is 0 Å². The molecule has 118 valence electrons. The van der Waals surface area contributed by atoms with Crippen molar-refractivity contribution in [2.75, 3.05) is 25.0 Å². The molecule has 1 aliphatic carbocycles. The summed E-state index contributed by atoms with van der Waals surface area (Å²) in [5, 5.41) is 12.8. The number of carboxylic acid groups (broad SMARTS) is 1. The van der Waals surface area contributed by atoms with Gasteiger partial charge in [0.25, 0.3) is 0 Å². The SMILES string of the molecule is O=C(CN1C[C@@H]2CCC[C@@]2(C(=O)O)C1)Nc1ccc(Cl)cn1. The molecule has 3 rings (SSSR count). The highest BCUT2D eigenvalue weighted by Crippen LogP contribution is 2.48. The lowest BCUT2D eigenvalue weighted by molar-refractivity contribution is -0.149. The predicted octanol–water partition coefficient (Wildman–Crippen LogP) is 1.86. The fraction of sp³-hybridized carbons (Fsp3) is 0.533. The van der Waals surface area contributed by atoms with Gasteiger partial charge in [-0.1, -0.05) is 18.0 Å². The van der Waals surface area contributed by atoms with Gasteiger partial charge in [0.05, 0.1) is 17.0 Å². The van der Waals surface area contributed by atoms with Crippen LogP contribution in [0, 0.1) is 11.3 Å². The molecule has 0 unspecified atom stereocenters. The van der Waals surface area contributed by atoms with E-state index in [-0.39, 0.29) is 18.4 Å². The minimum atomic E-state index is -0.725. The molecular formula is C15H18ClN3O3. The topological polar surface area (TPSA) is 82.5 Å². The smallest absolute Gasteiger partial charge is 0.311 e. The van der Waals surface area contributed by atoms with Crippen molar-refractivity contribution in [3.8, 4) is 0 Å². The highest BCUT2D eigenvalue weighted by Gasteiger charge is 2.54. The normalized spacial score (nSPS) is 27.6. The van der Waals surface area contributed by atoms with Crippen LogP contribution in [0.25, 0.3) is 0 Å². The number of anilines is 1. The van der Waals surface area contributed by atoms with E-state index in [1.165, 1.54) is 6.20 Å². The average Bonchev–Trinajstić information content (AvgIpc) is 2.99. The van der Waals surface area contributed by atoms with Crippen LogP contribution >= 0.6 is 11.6 Å². The Morgan fingerprint density at radius 3 is 2.95 bits per heavy atom. The van der Waals surface area contributed by atoms with Gasteiger partial charge in [-0.05, 0) is 30.9 Å². The molecule has 2 fully saturated rings. The van der Waals surface area contributed by atoms with Crippen molar-refractivity contribution in [1.82, 2.24) is 9.88 Å². The molecular weight excluding hydrogens is 306 g/mol. The van der Waals surface area contributed by atoms with Crippen LogP contribution in [-0.2, 0) is 9.59 Å². The molecule has 1 aliphatic heterocycles. The van der Waals surface area contributed by atoms with Crippen molar-refractivity contribution >= 4 is 29.3 Å². The van der Waals surface area contributed by atoms with Crippen molar-refractivity contribution in [3.05, 3.63) is 23.4 Å². The monoisotopic (exact) mass is 323 g/mol. The molecule has 1 amide bonds. The largest absolute Gasteiger partial charge is 0.481 e. The third kappa shape index (κ3) is 2.80. The van der Waals surface area contributed by atoms with Crippen LogP contribution in [-0.4, -0.2) is 46.5 Å². The maximum absolute atomic E-state index is 12.1. The van der Waals surface area contributed by atoms with Gasteiger partial charge in [0.2, 0.25) is 5.91 Å². The number of carbonyl (C=O) groups is 2. The molecule has 0 aromatic carbocycles. The molecule has 0 bridgehead atoms. The molecule has 2 heterocycles. The van der Waals surface area contributed by atoms with Crippen LogP contribution in [0.4, 0.5) is 5.82 Å². The Kier molecular flexibility index (Phi) is 4.06. The highest BCUT2D eigenvalue weighted by atomic mass is 35.5. The van der Waals surface area contributed by atoms with E-state index in [0.29, 0.717) is 30.4 Å². The molecule has 7 heteroatoms. The molecule has 1 aromatic rings. The molecule has 0 spiro atoms. The number of nitrogens with zero attached hydrogens (tertiary/aromatic N) is 2. The third-order valence-corrected chi connectivity index (χ3v) is 4.95. The summed E-state index contributed by atoms with van der Waals surface area (Å²) in [5.41, 5.74) is -0.654. The van der Waals surface area contributed by atoms with Gasteiger partial charge in [-0.15, -0.1) is 0 Å². The van der Waals surface area contributed by atoms with Gasteiger partial charge >= 0.3 is 5.97 Å². The zero-order valence-electron chi connectivity index (χ0n) is 12.1. The molecule has 6 nitrogen and oxygen atoms in total. The lowest BCUT2D eigenvalue weighted by Crippen LogP contribution is -2.37. The van der Waals surface area contributed by atoms with Crippen molar-refractivity contribution in [2.24, 2.45) is 11.3 Å². The molecule has 2 aliphatic rings. The number of hydrogen-bond acceptors (Lipinski definition) is 4. The van der Waals surface area contributed by atoms with Gasteiger partial charge < -0.3 is 10.4 Å². The van der Waals surface area contributed by atoms with Gasteiger partial charge in [0, 0.05) is 19.3 Å². The Labute approximate surface area is 133 Å². The predicted molar refractivity (Wildman–Crippen MR) is 81.7 cm³/mol. The van der Waals surface area contributed by atoms with E-state index < -0.39 is 11.4 Å². The number of carbonyl (C=O) groups excluding carboxylic acids is 1. The number of carboxylic acids is 1. The lowest BCUT2D eigenvalue weighted by Gasteiger charge is -2.23. The van der Waals surface area contributed by atoms with Crippen LogP contribution in [0.2, 0.25) is 5.02 Å². The number of likely N-dealkylation sites (tertiary alicyclic amines) is 1. The van der Waals surface area contributed by atoms with E-state index >= 15 is 0 Å². The van der Waals surface area contributed by atoms with E-state index in [4.69, 9.17) is 11.6 Å². The van der Waals surface area contributed by atoms with Gasteiger partial charge in [-0.25, -0.2) is 4.98 Å². The summed E-state index contributed by atoms with van der Waals surface area (Å²) in [6, 6.07) is 3.29. The summed E-state index contributed by atoms with van der Waals surface area (Å²) in [6.07, 6.45) is 4.08. The third-order valence-electron chi connectivity index (χ3n) is 4.73. The van der Waals surface area contributed by atoms with Crippen LogP contribution in [0.15, 0.2) is 18.3 Å². The summed E-state index contributed by atoms with van der Waals surface area (Å²) in [7, 11) is 0. The van der Waals surface area contributed by atoms with Gasteiger partial charge in [0.15, 0.2) is 0 Å². The average molecular weight is 324 g/mol. The number of halogens is 1.